The number of phenols is 1. The molecular weight excluding hydrogens is 240 g/mol. The highest BCUT2D eigenvalue weighted by molar-refractivity contribution is 7.91. The van der Waals surface area contributed by atoms with Crippen LogP contribution in [0.5, 0.6) is 11.5 Å². The van der Waals surface area contributed by atoms with Crippen LogP contribution in [0, 0.1) is 0 Å². The van der Waals surface area contributed by atoms with Gasteiger partial charge in [0.15, 0.2) is 4.90 Å². The Hall–Kier alpha value is -2.01. The first-order chi connectivity index (χ1) is 8.03. The lowest BCUT2D eigenvalue weighted by atomic mass is 10.3. The van der Waals surface area contributed by atoms with Gasteiger partial charge in [-0.25, -0.2) is 8.42 Å². The third-order valence-corrected chi connectivity index (χ3v) is 4.12. The molecule has 0 bridgehead atoms. The molecule has 2 aromatic carbocycles. The maximum atomic E-state index is 12.1. The summed E-state index contributed by atoms with van der Waals surface area (Å²) in [6.07, 6.45) is 0. The molecule has 0 unspecified atom stereocenters. The van der Waals surface area contributed by atoms with E-state index in [1.54, 1.807) is 18.2 Å². The van der Waals surface area contributed by atoms with Gasteiger partial charge in [0.2, 0.25) is 15.6 Å². The quantitative estimate of drug-likeness (QED) is 0.887. The Kier molecular flexibility index (Phi) is 2.77. The van der Waals surface area contributed by atoms with Crippen molar-refractivity contribution in [1.29, 1.82) is 0 Å². The molecule has 0 atom stereocenters. The van der Waals surface area contributed by atoms with Crippen LogP contribution in [-0.2, 0) is 14.9 Å². The molecule has 87 valence electrons. The van der Waals surface area contributed by atoms with E-state index >= 15 is 0 Å². The number of hydrogen-bond acceptors (Lipinski definition) is 3. The monoisotopic (exact) mass is 249 g/mol. The van der Waals surface area contributed by atoms with Crippen LogP contribution in [0.1, 0.15) is 0 Å². The van der Waals surface area contributed by atoms with Crippen molar-refractivity contribution >= 4 is 9.84 Å². The molecule has 1 N–H and O–H groups in total. The van der Waals surface area contributed by atoms with Crippen LogP contribution in [0.15, 0.2) is 58.3 Å². The number of sulfone groups is 1. The highest BCUT2D eigenvalue weighted by Gasteiger charge is 2.25. The van der Waals surface area contributed by atoms with Crippen molar-refractivity contribution in [3.63, 3.8) is 0 Å². The van der Waals surface area contributed by atoms with E-state index in [0.717, 1.165) is 6.07 Å². The fraction of sp³-hybridized carbons (Fsp3) is 0. The molecule has 0 spiro atoms. The van der Waals surface area contributed by atoms with Crippen LogP contribution in [0.2, 0.25) is 0 Å². The molecule has 0 fully saturated rings. The summed E-state index contributed by atoms with van der Waals surface area (Å²) in [5, 5.41) is 21.0. The second-order valence-corrected chi connectivity index (χ2v) is 5.31. The topological polar surface area (TPSA) is 74.3 Å². The Balaban J connectivity index is 2.69. The lowest BCUT2D eigenvalue weighted by Crippen LogP contribution is -2.02. The van der Waals surface area contributed by atoms with Gasteiger partial charge in [0, 0.05) is 0 Å². The number of phenolic OH excluding ortho intramolecular Hbond substituents is 1. The van der Waals surface area contributed by atoms with Crippen molar-refractivity contribution in [3.05, 3.63) is 48.5 Å². The van der Waals surface area contributed by atoms with Crippen molar-refractivity contribution in [2.45, 2.75) is 9.79 Å². The highest BCUT2D eigenvalue weighted by Crippen LogP contribution is 2.35. The predicted octanol–water partition coefficient (Wildman–Crippen LogP) is 2.37. The summed E-state index contributed by atoms with van der Waals surface area (Å²) in [7, 11) is -3.96. The minimum absolute atomic E-state index is 0.0152. The zero-order valence-electron chi connectivity index (χ0n) is 8.70. The zero-order valence-corrected chi connectivity index (χ0v) is 9.52. The minimum Gasteiger partial charge on any atom is -0.506 e. The second kappa shape index (κ2) is 4.10. The molecule has 4 nitrogen and oxygen atoms in total. The number of benzene rings is 2. The van der Waals surface area contributed by atoms with Crippen molar-refractivity contribution < 1.29 is 18.6 Å². The van der Waals surface area contributed by atoms with Gasteiger partial charge in [0.25, 0.3) is 0 Å². The smallest absolute Gasteiger partial charge is 0.214 e. The highest BCUT2D eigenvalue weighted by atomic mass is 32.2. The summed E-state index contributed by atoms with van der Waals surface area (Å²) in [5.74, 6) is -1.24. The third kappa shape index (κ3) is 1.97. The average molecular weight is 249 g/mol. The zero-order chi connectivity index (χ0) is 12.5. The molecule has 1 radical (unpaired) electrons. The maximum Gasteiger partial charge on any atom is 0.214 e. The van der Waals surface area contributed by atoms with Gasteiger partial charge in [0.05, 0.1) is 4.90 Å². The largest absolute Gasteiger partial charge is 0.506 e. The maximum absolute atomic E-state index is 12.1. The first-order valence-electron chi connectivity index (χ1n) is 4.82. The Labute approximate surface area is 98.7 Å². The molecule has 0 aliphatic carbocycles. The predicted molar refractivity (Wildman–Crippen MR) is 60.1 cm³/mol. The van der Waals surface area contributed by atoms with Crippen LogP contribution >= 0.6 is 0 Å². The lowest BCUT2D eigenvalue weighted by molar-refractivity contribution is 0.335. The summed E-state index contributed by atoms with van der Waals surface area (Å²) in [4.78, 5) is -0.593. The van der Waals surface area contributed by atoms with E-state index < -0.39 is 26.2 Å². The van der Waals surface area contributed by atoms with Gasteiger partial charge >= 0.3 is 0 Å². The molecule has 17 heavy (non-hydrogen) atoms. The molecule has 0 saturated heterocycles. The van der Waals surface area contributed by atoms with Crippen LogP contribution in [0.25, 0.3) is 0 Å². The van der Waals surface area contributed by atoms with E-state index in [2.05, 4.69) is 0 Å². The van der Waals surface area contributed by atoms with Crippen LogP contribution < -0.4 is 0 Å². The molecule has 2 rings (SSSR count). The summed E-state index contributed by atoms with van der Waals surface area (Å²) >= 11 is 0. The van der Waals surface area contributed by atoms with Crippen LogP contribution in [-0.4, -0.2) is 13.5 Å². The molecule has 5 heteroatoms. The fourth-order valence-corrected chi connectivity index (χ4v) is 2.92. The summed E-state index contributed by atoms with van der Waals surface area (Å²) in [6.45, 7) is 0. The van der Waals surface area contributed by atoms with E-state index in [0.29, 0.717) is 0 Å². The van der Waals surface area contributed by atoms with E-state index in [4.69, 9.17) is 0 Å². The van der Waals surface area contributed by atoms with Gasteiger partial charge in [-0.2, -0.15) is 0 Å². The molecule has 0 aliphatic heterocycles. The standard InChI is InChI=1S/C12H9O4S/c13-10-7-4-8-11(14)12(10)17(15,16)9-5-2-1-3-6-9/h1-8,13H. The molecule has 0 saturated carbocycles. The summed E-state index contributed by atoms with van der Waals surface area (Å²) in [5.41, 5.74) is 0. The summed E-state index contributed by atoms with van der Waals surface area (Å²) in [6, 6.07) is 11.1. The van der Waals surface area contributed by atoms with Crippen LogP contribution in [0.3, 0.4) is 0 Å². The Morgan fingerprint density at radius 3 is 2.12 bits per heavy atom. The first-order valence-corrected chi connectivity index (χ1v) is 6.31. The molecule has 0 heterocycles. The van der Waals surface area contributed by atoms with Crippen molar-refractivity contribution in [1.82, 2.24) is 0 Å². The van der Waals surface area contributed by atoms with Crippen molar-refractivity contribution in [2.24, 2.45) is 0 Å². The SMILES string of the molecule is [O]c1cccc(O)c1S(=O)(=O)c1ccccc1. The normalized spacial score (nSPS) is 11.3. The molecule has 0 aliphatic rings. The first kappa shape index (κ1) is 11.5. The number of hydrogen-bond donors (Lipinski definition) is 1. The van der Waals surface area contributed by atoms with Crippen molar-refractivity contribution in [2.75, 3.05) is 0 Å². The van der Waals surface area contributed by atoms with E-state index in [1.807, 2.05) is 0 Å². The fourth-order valence-electron chi connectivity index (χ4n) is 1.49. The second-order valence-electron chi connectivity index (χ2n) is 3.42. The van der Waals surface area contributed by atoms with Crippen molar-refractivity contribution in [3.8, 4) is 11.5 Å². The Bertz CT molecular complexity index is 613. The number of rotatable bonds is 2. The van der Waals surface area contributed by atoms with E-state index in [-0.39, 0.29) is 4.90 Å². The molecular formula is C12H9O4S. The van der Waals surface area contributed by atoms with Gasteiger partial charge < -0.3 is 5.11 Å². The van der Waals surface area contributed by atoms with E-state index in [1.165, 1.54) is 24.3 Å². The molecule has 2 aromatic rings. The van der Waals surface area contributed by atoms with Gasteiger partial charge in [-0.3, -0.25) is 5.11 Å². The van der Waals surface area contributed by atoms with Gasteiger partial charge in [-0.1, -0.05) is 24.3 Å². The average Bonchev–Trinajstić information content (AvgIpc) is 2.29. The van der Waals surface area contributed by atoms with Gasteiger partial charge in [-0.05, 0) is 24.3 Å². The Morgan fingerprint density at radius 1 is 0.882 bits per heavy atom. The van der Waals surface area contributed by atoms with Gasteiger partial charge in [0.1, 0.15) is 5.75 Å². The van der Waals surface area contributed by atoms with Gasteiger partial charge in [-0.15, -0.1) is 0 Å². The third-order valence-electron chi connectivity index (χ3n) is 2.28. The molecule has 0 amide bonds. The van der Waals surface area contributed by atoms with E-state index in [9.17, 15) is 18.6 Å². The Morgan fingerprint density at radius 2 is 1.53 bits per heavy atom. The molecule has 0 aromatic heterocycles. The lowest BCUT2D eigenvalue weighted by Gasteiger charge is -2.06. The van der Waals surface area contributed by atoms with Crippen LogP contribution in [0.4, 0.5) is 0 Å². The minimum atomic E-state index is -3.96. The number of aromatic hydroxyl groups is 1. The summed E-state index contributed by atoms with van der Waals surface area (Å²) < 4.78 is 24.2.